The number of rotatable bonds is 4. The van der Waals surface area contributed by atoms with Crippen molar-refractivity contribution in [2.24, 2.45) is 10.9 Å². The smallest absolute Gasteiger partial charge is 0.405 e. The Balaban J connectivity index is 2.53. The normalized spacial score (nSPS) is 16.1. The molecular formula is C13H17F3N4O. The van der Waals surface area contributed by atoms with Crippen LogP contribution in [0, 0.1) is 13.8 Å². The van der Waals surface area contributed by atoms with E-state index in [2.05, 4.69) is 10.1 Å². The maximum absolute atomic E-state index is 12.8. The molecule has 1 fully saturated rings. The molecule has 0 atom stereocenters. The van der Waals surface area contributed by atoms with Crippen molar-refractivity contribution in [2.45, 2.75) is 38.9 Å². The molecule has 1 aromatic heterocycles. The number of pyridine rings is 1. The summed E-state index contributed by atoms with van der Waals surface area (Å²) in [6, 6.07) is 1.38. The summed E-state index contributed by atoms with van der Waals surface area (Å²) in [4.78, 5) is 5.45. The molecule has 1 aromatic rings. The number of halogens is 3. The number of aromatic nitrogens is 1. The van der Waals surface area contributed by atoms with Gasteiger partial charge < -0.3 is 15.8 Å². The Labute approximate surface area is 120 Å². The van der Waals surface area contributed by atoms with E-state index in [9.17, 15) is 13.2 Å². The van der Waals surface area contributed by atoms with Crippen molar-refractivity contribution in [1.82, 2.24) is 4.98 Å². The summed E-state index contributed by atoms with van der Waals surface area (Å²) in [5.74, 6) is -0.233. The number of nitrogens with zero attached hydrogens (tertiary/aromatic N) is 3. The predicted molar refractivity (Wildman–Crippen MR) is 72.6 cm³/mol. The fraction of sp³-hybridized carbons (Fsp3) is 0.538. The molecule has 0 aliphatic heterocycles. The van der Waals surface area contributed by atoms with E-state index in [1.807, 2.05) is 0 Å². The summed E-state index contributed by atoms with van der Waals surface area (Å²) in [5, 5.41) is 11.8. The zero-order valence-corrected chi connectivity index (χ0v) is 11.8. The highest BCUT2D eigenvalue weighted by Crippen LogP contribution is 2.37. The molecule has 0 amide bonds. The maximum atomic E-state index is 12.8. The van der Waals surface area contributed by atoms with Gasteiger partial charge in [-0.15, -0.1) is 0 Å². The number of anilines is 1. The second-order valence-electron chi connectivity index (χ2n) is 5.20. The van der Waals surface area contributed by atoms with Crippen molar-refractivity contribution >= 4 is 11.5 Å². The zero-order valence-electron chi connectivity index (χ0n) is 11.8. The van der Waals surface area contributed by atoms with Crippen LogP contribution in [0.1, 0.15) is 29.8 Å². The molecule has 0 radical (unpaired) electrons. The molecule has 0 aromatic carbocycles. The molecule has 1 aliphatic rings. The third-order valence-corrected chi connectivity index (χ3v) is 3.32. The summed E-state index contributed by atoms with van der Waals surface area (Å²) < 4.78 is 38.5. The minimum absolute atomic E-state index is 0.168. The lowest BCUT2D eigenvalue weighted by Gasteiger charge is -2.28. The summed E-state index contributed by atoms with van der Waals surface area (Å²) in [6.07, 6.45) is -2.92. The third kappa shape index (κ3) is 3.56. The number of hydrogen-bond donors (Lipinski definition) is 2. The maximum Gasteiger partial charge on any atom is 0.405 e. The van der Waals surface area contributed by atoms with E-state index in [-0.39, 0.29) is 17.4 Å². The third-order valence-electron chi connectivity index (χ3n) is 3.32. The Hall–Kier alpha value is -1.99. The lowest BCUT2D eigenvalue weighted by molar-refractivity contribution is -0.120. The average molecular weight is 302 g/mol. The summed E-state index contributed by atoms with van der Waals surface area (Å²) in [6.45, 7) is 2.26. The molecular weight excluding hydrogens is 285 g/mol. The average Bonchev–Trinajstić information content (AvgIpc) is 3.17. The molecule has 0 spiro atoms. The van der Waals surface area contributed by atoms with Crippen LogP contribution in [0.3, 0.4) is 0 Å². The van der Waals surface area contributed by atoms with Crippen molar-refractivity contribution in [3.63, 3.8) is 0 Å². The van der Waals surface area contributed by atoms with E-state index in [0.29, 0.717) is 29.9 Å². The van der Waals surface area contributed by atoms with Crippen LogP contribution >= 0.6 is 0 Å². The molecule has 1 saturated carbocycles. The predicted octanol–water partition coefficient (Wildman–Crippen LogP) is 2.32. The lowest BCUT2D eigenvalue weighted by atomic mass is 10.1. The van der Waals surface area contributed by atoms with Crippen molar-refractivity contribution in [1.29, 1.82) is 0 Å². The second kappa shape index (κ2) is 5.42. The molecule has 2 rings (SSSR count). The van der Waals surface area contributed by atoms with Crippen molar-refractivity contribution in [3.8, 4) is 0 Å². The van der Waals surface area contributed by atoms with Gasteiger partial charge in [0.1, 0.15) is 6.54 Å². The first kappa shape index (κ1) is 15.4. The van der Waals surface area contributed by atoms with Crippen LogP contribution in [0.25, 0.3) is 0 Å². The fourth-order valence-electron chi connectivity index (χ4n) is 2.39. The molecule has 8 heteroatoms. The molecule has 0 saturated heterocycles. The van der Waals surface area contributed by atoms with Crippen molar-refractivity contribution in [2.75, 3.05) is 11.4 Å². The Morgan fingerprint density at radius 1 is 1.48 bits per heavy atom. The first-order valence-electron chi connectivity index (χ1n) is 6.52. The summed E-state index contributed by atoms with van der Waals surface area (Å²) in [5.41, 5.74) is 7.21. The fourth-order valence-corrected chi connectivity index (χ4v) is 2.39. The van der Waals surface area contributed by atoms with Crippen LogP contribution in [-0.2, 0) is 0 Å². The standard InChI is InChI=1S/C13H17F3N4O/c1-7-5-10(11(8(2)18-7)12(17)19-21)20(9-3-4-9)6-13(14,15)16/h5,9,21H,3-4,6H2,1-2H3,(H2,17,19). The molecule has 5 nitrogen and oxygen atoms in total. The molecule has 116 valence electrons. The SMILES string of the molecule is Cc1cc(N(CC(F)(F)F)C2CC2)c(/C(N)=N/O)c(C)n1. The minimum Gasteiger partial charge on any atom is -0.409 e. The second-order valence-corrected chi connectivity index (χ2v) is 5.20. The Morgan fingerprint density at radius 2 is 2.10 bits per heavy atom. The van der Waals surface area contributed by atoms with Crippen LogP contribution in [-0.4, -0.2) is 34.8 Å². The van der Waals surface area contributed by atoms with E-state index in [0.717, 1.165) is 0 Å². The van der Waals surface area contributed by atoms with E-state index in [1.165, 1.54) is 4.90 Å². The summed E-state index contributed by atoms with van der Waals surface area (Å²) in [7, 11) is 0. The highest BCUT2D eigenvalue weighted by molar-refractivity contribution is 6.03. The number of amidine groups is 1. The van der Waals surface area contributed by atoms with Gasteiger partial charge in [0, 0.05) is 11.7 Å². The van der Waals surface area contributed by atoms with Crippen LogP contribution in [0.2, 0.25) is 0 Å². The van der Waals surface area contributed by atoms with Crippen LogP contribution in [0.5, 0.6) is 0 Å². The molecule has 0 bridgehead atoms. The van der Waals surface area contributed by atoms with Crippen LogP contribution in [0.4, 0.5) is 18.9 Å². The van der Waals surface area contributed by atoms with Gasteiger partial charge in [-0.05, 0) is 32.8 Å². The first-order valence-corrected chi connectivity index (χ1v) is 6.52. The highest BCUT2D eigenvalue weighted by Gasteiger charge is 2.39. The largest absolute Gasteiger partial charge is 0.409 e. The topological polar surface area (TPSA) is 74.7 Å². The molecule has 0 unspecified atom stereocenters. The first-order chi connectivity index (χ1) is 9.73. The molecule has 3 N–H and O–H groups in total. The van der Waals surface area contributed by atoms with Crippen LogP contribution < -0.4 is 10.6 Å². The van der Waals surface area contributed by atoms with E-state index in [1.54, 1.807) is 19.9 Å². The Bertz CT molecular complexity index is 567. The highest BCUT2D eigenvalue weighted by atomic mass is 19.4. The molecule has 21 heavy (non-hydrogen) atoms. The van der Waals surface area contributed by atoms with Gasteiger partial charge in [0.2, 0.25) is 0 Å². The number of oxime groups is 1. The summed E-state index contributed by atoms with van der Waals surface area (Å²) >= 11 is 0. The number of alkyl halides is 3. The van der Waals surface area contributed by atoms with Crippen molar-refractivity contribution < 1.29 is 18.4 Å². The van der Waals surface area contributed by atoms with E-state index < -0.39 is 12.7 Å². The van der Waals surface area contributed by atoms with Gasteiger partial charge in [-0.3, -0.25) is 4.98 Å². The van der Waals surface area contributed by atoms with Gasteiger partial charge in [-0.2, -0.15) is 13.2 Å². The van der Waals surface area contributed by atoms with Gasteiger partial charge in [-0.25, -0.2) is 0 Å². The van der Waals surface area contributed by atoms with Crippen LogP contribution in [0.15, 0.2) is 11.2 Å². The Morgan fingerprint density at radius 3 is 2.57 bits per heavy atom. The zero-order chi connectivity index (χ0) is 15.8. The van der Waals surface area contributed by atoms with E-state index >= 15 is 0 Å². The van der Waals surface area contributed by atoms with Gasteiger partial charge in [0.15, 0.2) is 5.84 Å². The van der Waals surface area contributed by atoms with Crippen molar-refractivity contribution in [3.05, 3.63) is 23.0 Å². The van der Waals surface area contributed by atoms with Gasteiger partial charge in [-0.1, -0.05) is 5.16 Å². The molecule has 1 heterocycles. The molecule has 1 aliphatic carbocycles. The number of aryl methyl sites for hydroxylation is 2. The van der Waals surface area contributed by atoms with Gasteiger partial charge >= 0.3 is 6.18 Å². The Kier molecular flexibility index (Phi) is 3.97. The number of nitrogens with two attached hydrogens (primary N) is 1. The van der Waals surface area contributed by atoms with Gasteiger partial charge in [0.05, 0.1) is 16.9 Å². The van der Waals surface area contributed by atoms with E-state index in [4.69, 9.17) is 10.9 Å². The minimum atomic E-state index is -4.32. The lowest BCUT2D eigenvalue weighted by Crippen LogP contribution is -2.37. The van der Waals surface area contributed by atoms with Gasteiger partial charge in [0.25, 0.3) is 0 Å². The quantitative estimate of drug-likeness (QED) is 0.387. The number of hydrogen-bond acceptors (Lipinski definition) is 4. The monoisotopic (exact) mass is 302 g/mol.